The van der Waals surface area contributed by atoms with Gasteiger partial charge in [0.25, 0.3) is 5.91 Å². The largest absolute Gasteiger partial charge is 0.573 e. The van der Waals surface area contributed by atoms with Gasteiger partial charge in [0.1, 0.15) is 5.75 Å². The number of benzene rings is 1. The quantitative estimate of drug-likeness (QED) is 0.908. The van der Waals surface area contributed by atoms with Crippen LogP contribution in [0.4, 0.5) is 13.2 Å². The molecule has 0 bridgehead atoms. The van der Waals surface area contributed by atoms with Gasteiger partial charge in [0.05, 0.1) is 0 Å². The van der Waals surface area contributed by atoms with E-state index in [1.807, 2.05) is 0 Å². The van der Waals surface area contributed by atoms with Gasteiger partial charge in [-0.1, -0.05) is 6.07 Å². The first kappa shape index (κ1) is 15.6. The Hall–Kier alpha value is -1.76. The molecule has 0 aliphatic heterocycles. The van der Waals surface area contributed by atoms with Crippen LogP contribution in [0.25, 0.3) is 0 Å². The van der Waals surface area contributed by atoms with E-state index in [0.29, 0.717) is 12.5 Å². The van der Waals surface area contributed by atoms with Crippen LogP contribution in [0.5, 0.6) is 5.75 Å². The summed E-state index contributed by atoms with van der Waals surface area (Å²) in [4.78, 5) is 13.8. The molecule has 1 aliphatic carbocycles. The predicted molar refractivity (Wildman–Crippen MR) is 70.8 cm³/mol. The molecule has 1 saturated carbocycles. The Bertz CT molecular complexity index is 515. The molecule has 116 valence electrons. The second-order valence-corrected chi connectivity index (χ2v) is 5.13. The number of carbonyl (C=O) groups is 1. The number of rotatable bonds is 5. The first-order valence-corrected chi connectivity index (χ1v) is 6.65. The molecule has 7 heteroatoms. The second kappa shape index (κ2) is 5.93. The molecule has 2 N–H and O–H groups in total. The van der Waals surface area contributed by atoms with E-state index in [9.17, 15) is 18.0 Å². The zero-order valence-corrected chi connectivity index (χ0v) is 11.6. The van der Waals surface area contributed by atoms with Crippen LogP contribution in [0.3, 0.4) is 0 Å². The van der Waals surface area contributed by atoms with Crippen LogP contribution >= 0.6 is 0 Å². The molecule has 1 atom stereocenters. The van der Waals surface area contributed by atoms with Crippen molar-refractivity contribution < 1.29 is 22.7 Å². The Morgan fingerprint density at radius 2 is 2.14 bits per heavy atom. The molecule has 1 aromatic rings. The van der Waals surface area contributed by atoms with E-state index >= 15 is 0 Å². The molecule has 1 fully saturated rings. The van der Waals surface area contributed by atoms with Crippen LogP contribution in [-0.2, 0) is 0 Å². The molecular formula is C14H17F3N2O2. The van der Waals surface area contributed by atoms with E-state index in [-0.39, 0.29) is 17.5 Å². The maximum absolute atomic E-state index is 12.3. The number of hydrogen-bond donors (Lipinski definition) is 1. The van der Waals surface area contributed by atoms with Gasteiger partial charge in [-0.15, -0.1) is 13.2 Å². The smallest absolute Gasteiger partial charge is 0.406 e. The number of likely N-dealkylation sites (N-methyl/N-ethyl adjacent to an activating group) is 1. The molecule has 0 heterocycles. The highest BCUT2D eigenvalue weighted by atomic mass is 19.4. The summed E-state index contributed by atoms with van der Waals surface area (Å²) in [7, 11) is 1.62. The lowest BCUT2D eigenvalue weighted by Gasteiger charge is -2.27. The Morgan fingerprint density at radius 1 is 1.48 bits per heavy atom. The number of ether oxygens (including phenoxy) is 1. The van der Waals surface area contributed by atoms with Crippen molar-refractivity contribution in [3.05, 3.63) is 29.8 Å². The van der Waals surface area contributed by atoms with Crippen LogP contribution in [0.2, 0.25) is 0 Å². The lowest BCUT2D eigenvalue weighted by atomic mass is 10.1. The van der Waals surface area contributed by atoms with Crippen molar-refractivity contribution in [3.63, 3.8) is 0 Å². The van der Waals surface area contributed by atoms with Gasteiger partial charge in [-0.05, 0) is 37.0 Å². The third-order valence-corrected chi connectivity index (χ3v) is 3.54. The predicted octanol–water partition coefficient (Wildman–Crippen LogP) is 2.39. The minimum atomic E-state index is -4.78. The summed E-state index contributed by atoms with van der Waals surface area (Å²) in [5.74, 6) is -0.374. The van der Waals surface area contributed by atoms with E-state index in [4.69, 9.17) is 5.73 Å². The average Bonchev–Trinajstić information content (AvgIpc) is 3.21. The Labute approximate surface area is 120 Å². The Morgan fingerprint density at radius 3 is 2.67 bits per heavy atom. The molecule has 0 radical (unpaired) electrons. The molecule has 1 unspecified atom stereocenters. The maximum atomic E-state index is 12.3. The van der Waals surface area contributed by atoms with Gasteiger partial charge in [0, 0.05) is 25.2 Å². The van der Waals surface area contributed by atoms with Gasteiger partial charge in [-0.25, -0.2) is 0 Å². The fourth-order valence-corrected chi connectivity index (χ4v) is 2.33. The first-order chi connectivity index (χ1) is 9.81. The van der Waals surface area contributed by atoms with Gasteiger partial charge < -0.3 is 15.4 Å². The summed E-state index contributed by atoms with van der Waals surface area (Å²) < 4.78 is 40.4. The number of amides is 1. The van der Waals surface area contributed by atoms with Crippen molar-refractivity contribution in [2.24, 2.45) is 11.7 Å². The van der Waals surface area contributed by atoms with Crippen molar-refractivity contribution in [1.29, 1.82) is 0 Å². The highest BCUT2D eigenvalue weighted by Crippen LogP contribution is 2.35. The maximum Gasteiger partial charge on any atom is 0.573 e. The molecule has 1 aliphatic rings. The minimum absolute atomic E-state index is 0.0790. The summed E-state index contributed by atoms with van der Waals surface area (Å²) in [6.07, 6.45) is -2.73. The highest BCUT2D eigenvalue weighted by Gasteiger charge is 2.35. The van der Waals surface area contributed by atoms with Crippen LogP contribution in [-0.4, -0.2) is 36.8 Å². The topological polar surface area (TPSA) is 55.6 Å². The SMILES string of the molecule is CN(C(=O)c1cccc(OC(F)(F)F)c1)C(CN)C1CC1. The molecule has 1 amide bonds. The van der Waals surface area contributed by atoms with Gasteiger partial charge in [0.2, 0.25) is 0 Å². The normalized spacial score (nSPS) is 16.4. The summed E-state index contributed by atoms with van der Waals surface area (Å²) >= 11 is 0. The summed E-state index contributed by atoms with van der Waals surface area (Å²) in [6, 6.07) is 4.99. The molecule has 4 nitrogen and oxygen atoms in total. The molecule has 2 rings (SSSR count). The number of nitrogens with two attached hydrogens (primary N) is 1. The van der Waals surface area contributed by atoms with E-state index in [0.717, 1.165) is 25.0 Å². The highest BCUT2D eigenvalue weighted by molar-refractivity contribution is 5.94. The zero-order valence-electron chi connectivity index (χ0n) is 11.6. The summed E-state index contributed by atoms with van der Waals surface area (Å²) in [5.41, 5.74) is 5.83. The van der Waals surface area contributed by atoms with Crippen LogP contribution < -0.4 is 10.5 Å². The lowest BCUT2D eigenvalue weighted by Crippen LogP contribution is -2.43. The second-order valence-electron chi connectivity index (χ2n) is 5.13. The fraction of sp³-hybridized carbons (Fsp3) is 0.500. The van der Waals surface area contributed by atoms with Crippen LogP contribution in [0.15, 0.2) is 24.3 Å². The molecule has 0 aromatic heterocycles. The molecule has 0 saturated heterocycles. The van der Waals surface area contributed by atoms with E-state index in [1.54, 1.807) is 7.05 Å². The summed E-state index contributed by atoms with van der Waals surface area (Å²) in [5, 5.41) is 0. The van der Waals surface area contributed by atoms with Gasteiger partial charge >= 0.3 is 6.36 Å². The number of halogens is 3. The van der Waals surface area contributed by atoms with Crippen LogP contribution in [0, 0.1) is 5.92 Å². The lowest BCUT2D eigenvalue weighted by molar-refractivity contribution is -0.274. The van der Waals surface area contributed by atoms with Crippen molar-refractivity contribution in [1.82, 2.24) is 4.90 Å². The third kappa shape index (κ3) is 4.10. The average molecular weight is 302 g/mol. The van der Waals surface area contributed by atoms with Crippen molar-refractivity contribution in [2.45, 2.75) is 25.2 Å². The molecule has 0 spiro atoms. The minimum Gasteiger partial charge on any atom is -0.406 e. The van der Waals surface area contributed by atoms with Crippen molar-refractivity contribution in [3.8, 4) is 5.75 Å². The van der Waals surface area contributed by atoms with Gasteiger partial charge in [-0.2, -0.15) is 0 Å². The Balaban J connectivity index is 2.13. The monoisotopic (exact) mass is 302 g/mol. The molecule has 1 aromatic carbocycles. The summed E-state index contributed by atoms with van der Waals surface area (Å²) in [6.45, 7) is 0.339. The number of carbonyl (C=O) groups excluding carboxylic acids is 1. The van der Waals surface area contributed by atoms with Crippen LogP contribution in [0.1, 0.15) is 23.2 Å². The van der Waals surface area contributed by atoms with Crippen molar-refractivity contribution in [2.75, 3.05) is 13.6 Å². The molecular weight excluding hydrogens is 285 g/mol. The standard InChI is InChI=1S/C14H17F3N2O2/c1-19(12(8-18)9-5-6-9)13(20)10-3-2-4-11(7-10)21-14(15,16)17/h2-4,7,9,12H,5-6,8,18H2,1H3. The fourth-order valence-electron chi connectivity index (χ4n) is 2.33. The van der Waals surface area contributed by atoms with E-state index in [1.165, 1.54) is 17.0 Å². The van der Waals surface area contributed by atoms with Gasteiger partial charge in [-0.3, -0.25) is 4.79 Å². The van der Waals surface area contributed by atoms with E-state index in [2.05, 4.69) is 4.74 Å². The van der Waals surface area contributed by atoms with Gasteiger partial charge in [0.15, 0.2) is 0 Å². The van der Waals surface area contributed by atoms with Crippen molar-refractivity contribution >= 4 is 5.91 Å². The molecule has 21 heavy (non-hydrogen) atoms. The van der Waals surface area contributed by atoms with E-state index < -0.39 is 12.1 Å². The number of nitrogens with zero attached hydrogens (tertiary/aromatic N) is 1. The number of hydrogen-bond acceptors (Lipinski definition) is 3. The first-order valence-electron chi connectivity index (χ1n) is 6.65. The Kier molecular flexibility index (Phi) is 4.41. The zero-order chi connectivity index (χ0) is 15.6. The third-order valence-electron chi connectivity index (χ3n) is 3.54. The number of alkyl halides is 3.